The molecular weight excluding hydrogens is 424 g/mol. The Morgan fingerprint density at radius 1 is 1.15 bits per heavy atom. The van der Waals surface area contributed by atoms with Crippen molar-refractivity contribution in [3.63, 3.8) is 0 Å². The van der Waals surface area contributed by atoms with Crippen LogP contribution in [0.15, 0.2) is 41.6 Å². The van der Waals surface area contributed by atoms with Gasteiger partial charge in [0.15, 0.2) is 0 Å². The summed E-state index contributed by atoms with van der Waals surface area (Å²) in [6.07, 6.45) is 1.08. The average molecular weight is 459 g/mol. The van der Waals surface area contributed by atoms with Crippen LogP contribution in [0.25, 0.3) is 0 Å². The predicted molar refractivity (Wildman–Crippen MR) is 123 cm³/mol. The van der Waals surface area contributed by atoms with Crippen LogP contribution in [-0.4, -0.2) is 60.9 Å². The van der Waals surface area contributed by atoms with Crippen molar-refractivity contribution in [3.8, 4) is 0 Å². The number of rotatable bonds is 6. The molecule has 0 aromatic heterocycles. The summed E-state index contributed by atoms with van der Waals surface area (Å²) >= 11 is 0. The SMILES string of the molecule is CCOC(=O)C1=C(CN2CCC(NC(=O)OC(C)(C)C)CC2)NC(=O)N[C@H]1c1ccccc1. The Kier molecular flexibility index (Phi) is 7.97. The van der Waals surface area contributed by atoms with Gasteiger partial charge in [0.25, 0.3) is 0 Å². The van der Waals surface area contributed by atoms with Gasteiger partial charge in [-0.15, -0.1) is 0 Å². The van der Waals surface area contributed by atoms with Crippen LogP contribution in [0.3, 0.4) is 0 Å². The third-order valence-corrected chi connectivity index (χ3v) is 5.47. The van der Waals surface area contributed by atoms with Gasteiger partial charge in [-0.05, 0) is 46.1 Å². The molecule has 2 aliphatic rings. The van der Waals surface area contributed by atoms with Gasteiger partial charge in [-0.2, -0.15) is 0 Å². The largest absolute Gasteiger partial charge is 0.463 e. The molecule has 0 saturated carbocycles. The first kappa shape index (κ1) is 24.6. The Labute approximate surface area is 194 Å². The number of esters is 1. The van der Waals surface area contributed by atoms with E-state index in [4.69, 9.17) is 9.47 Å². The smallest absolute Gasteiger partial charge is 0.407 e. The van der Waals surface area contributed by atoms with E-state index in [1.165, 1.54) is 0 Å². The number of amides is 3. The van der Waals surface area contributed by atoms with E-state index in [-0.39, 0.29) is 18.7 Å². The van der Waals surface area contributed by atoms with Crippen LogP contribution in [-0.2, 0) is 14.3 Å². The number of ether oxygens (including phenoxy) is 2. The molecular formula is C24H34N4O5. The van der Waals surface area contributed by atoms with Crippen molar-refractivity contribution in [1.82, 2.24) is 20.9 Å². The summed E-state index contributed by atoms with van der Waals surface area (Å²) in [5, 5.41) is 8.59. The van der Waals surface area contributed by atoms with E-state index >= 15 is 0 Å². The lowest BCUT2D eigenvalue weighted by atomic mass is 9.94. The average Bonchev–Trinajstić information content (AvgIpc) is 2.74. The van der Waals surface area contributed by atoms with Gasteiger partial charge in [0.1, 0.15) is 5.60 Å². The lowest BCUT2D eigenvalue weighted by molar-refractivity contribution is -0.139. The Balaban J connectivity index is 1.71. The normalized spacial score (nSPS) is 20.0. The number of alkyl carbamates (subject to hydrolysis) is 1. The molecule has 0 spiro atoms. The highest BCUT2D eigenvalue weighted by Crippen LogP contribution is 2.28. The molecule has 1 aromatic carbocycles. The molecule has 3 N–H and O–H groups in total. The molecule has 1 saturated heterocycles. The Bertz CT molecular complexity index is 886. The number of carbonyl (C=O) groups excluding carboxylic acids is 3. The zero-order chi connectivity index (χ0) is 24.0. The molecule has 0 bridgehead atoms. The van der Waals surface area contributed by atoms with Crippen LogP contribution in [0.4, 0.5) is 9.59 Å². The third-order valence-electron chi connectivity index (χ3n) is 5.47. The zero-order valence-electron chi connectivity index (χ0n) is 19.8. The first-order chi connectivity index (χ1) is 15.7. The fraction of sp³-hybridized carbons (Fsp3) is 0.542. The quantitative estimate of drug-likeness (QED) is 0.566. The highest BCUT2D eigenvalue weighted by Gasteiger charge is 2.35. The fourth-order valence-corrected chi connectivity index (χ4v) is 4.02. The number of carbonyl (C=O) groups is 3. The van der Waals surface area contributed by atoms with Gasteiger partial charge < -0.3 is 25.4 Å². The number of urea groups is 1. The summed E-state index contributed by atoms with van der Waals surface area (Å²) < 4.78 is 10.7. The lowest BCUT2D eigenvalue weighted by Gasteiger charge is -2.35. The first-order valence-electron chi connectivity index (χ1n) is 11.4. The second-order valence-electron chi connectivity index (χ2n) is 9.25. The van der Waals surface area contributed by atoms with Crippen molar-refractivity contribution < 1.29 is 23.9 Å². The van der Waals surface area contributed by atoms with Crippen molar-refractivity contribution in [2.24, 2.45) is 0 Å². The molecule has 180 valence electrons. The molecule has 1 fully saturated rings. The Morgan fingerprint density at radius 2 is 1.82 bits per heavy atom. The summed E-state index contributed by atoms with van der Waals surface area (Å²) in [5.41, 5.74) is 1.23. The molecule has 3 amide bonds. The molecule has 2 heterocycles. The van der Waals surface area contributed by atoms with Gasteiger partial charge in [0, 0.05) is 31.4 Å². The van der Waals surface area contributed by atoms with E-state index in [1.807, 2.05) is 51.1 Å². The van der Waals surface area contributed by atoms with E-state index in [1.54, 1.807) is 6.92 Å². The van der Waals surface area contributed by atoms with Crippen LogP contribution in [0.5, 0.6) is 0 Å². The maximum Gasteiger partial charge on any atom is 0.407 e. The standard InChI is InChI=1S/C24H34N4O5/c1-5-32-21(29)19-18(26-22(30)27-20(19)16-9-7-6-8-10-16)15-28-13-11-17(12-14-28)25-23(31)33-24(2,3)4/h6-10,17,20H,5,11-15H2,1-4H3,(H,25,31)(H2,26,27,30)/t20-/m0/s1. The van der Waals surface area contributed by atoms with E-state index < -0.39 is 23.7 Å². The molecule has 0 aliphatic carbocycles. The van der Waals surface area contributed by atoms with Crippen LogP contribution in [0.2, 0.25) is 0 Å². The number of piperidine rings is 1. The van der Waals surface area contributed by atoms with E-state index in [2.05, 4.69) is 20.9 Å². The predicted octanol–water partition coefficient (Wildman–Crippen LogP) is 2.85. The molecule has 0 unspecified atom stereocenters. The fourth-order valence-electron chi connectivity index (χ4n) is 4.02. The minimum absolute atomic E-state index is 0.0225. The highest BCUT2D eigenvalue weighted by molar-refractivity contribution is 5.95. The van der Waals surface area contributed by atoms with E-state index in [0.29, 0.717) is 30.9 Å². The Morgan fingerprint density at radius 3 is 2.42 bits per heavy atom. The summed E-state index contributed by atoms with van der Waals surface area (Å²) in [6.45, 7) is 9.32. The van der Waals surface area contributed by atoms with Gasteiger partial charge >= 0.3 is 18.1 Å². The minimum Gasteiger partial charge on any atom is -0.463 e. The molecule has 1 atom stereocenters. The molecule has 9 nitrogen and oxygen atoms in total. The number of hydrogen-bond donors (Lipinski definition) is 3. The zero-order valence-corrected chi connectivity index (χ0v) is 19.8. The summed E-state index contributed by atoms with van der Waals surface area (Å²) in [7, 11) is 0. The van der Waals surface area contributed by atoms with Gasteiger partial charge in [0.2, 0.25) is 0 Å². The first-order valence-corrected chi connectivity index (χ1v) is 11.4. The molecule has 2 aliphatic heterocycles. The summed E-state index contributed by atoms with van der Waals surface area (Å²) in [4.78, 5) is 39.5. The monoisotopic (exact) mass is 458 g/mol. The number of nitrogens with zero attached hydrogens (tertiary/aromatic N) is 1. The van der Waals surface area contributed by atoms with Crippen LogP contribution < -0.4 is 16.0 Å². The maximum absolute atomic E-state index is 12.9. The Hall–Kier alpha value is -3.07. The minimum atomic E-state index is -0.583. The number of hydrogen-bond acceptors (Lipinski definition) is 6. The highest BCUT2D eigenvalue weighted by atomic mass is 16.6. The van der Waals surface area contributed by atoms with Crippen LogP contribution in [0.1, 0.15) is 52.1 Å². The van der Waals surface area contributed by atoms with Gasteiger partial charge in [-0.25, -0.2) is 14.4 Å². The third kappa shape index (κ3) is 6.95. The maximum atomic E-state index is 12.9. The molecule has 3 rings (SSSR count). The lowest BCUT2D eigenvalue weighted by Crippen LogP contribution is -2.50. The molecule has 33 heavy (non-hydrogen) atoms. The van der Waals surface area contributed by atoms with Gasteiger partial charge in [-0.1, -0.05) is 30.3 Å². The number of likely N-dealkylation sites (tertiary alicyclic amines) is 1. The van der Waals surface area contributed by atoms with Crippen molar-refractivity contribution in [2.45, 2.75) is 58.2 Å². The number of benzene rings is 1. The van der Waals surface area contributed by atoms with Crippen molar-refractivity contribution >= 4 is 18.1 Å². The topological polar surface area (TPSA) is 109 Å². The second kappa shape index (κ2) is 10.7. The number of nitrogens with one attached hydrogen (secondary N) is 3. The molecule has 1 aromatic rings. The molecule has 0 radical (unpaired) electrons. The van der Waals surface area contributed by atoms with Crippen LogP contribution >= 0.6 is 0 Å². The second-order valence-corrected chi connectivity index (χ2v) is 9.25. The van der Waals surface area contributed by atoms with Gasteiger partial charge in [0.05, 0.1) is 18.2 Å². The van der Waals surface area contributed by atoms with Crippen molar-refractivity contribution in [2.75, 3.05) is 26.2 Å². The van der Waals surface area contributed by atoms with Gasteiger partial charge in [-0.3, -0.25) is 4.90 Å². The van der Waals surface area contributed by atoms with E-state index in [9.17, 15) is 14.4 Å². The van der Waals surface area contributed by atoms with Crippen LogP contribution in [0, 0.1) is 0 Å². The summed E-state index contributed by atoms with van der Waals surface area (Å²) in [5.74, 6) is -0.449. The van der Waals surface area contributed by atoms with Crippen molar-refractivity contribution in [3.05, 3.63) is 47.2 Å². The van der Waals surface area contributed by atoms with Crippen molar-refractivity contribution in [1.29, 1.82) is 0 Å². The summed E-state index contributed by atoms with van der Waals surface area (Å²) in [6, 6.07) is 8.46. The molecule has 9 heteroatoms. The van der Waals surface area contributed by atoms with E-state index in [0.717, 1.165) is 18.4 Å².